The normalized spacial score (nSPS) is 14.6. The van der Waals surface area contributed by atoms with E-state index < -0.39 is 23.7 Å². The molecule has 0 heterocycles. The van der Waals surface area contributed by atoms with Gasteiger partial charge in [0.2, 0.25) is 0 Å². The van der Waals surface area contributed by atoms with E-state index in [2.05, 4.69) is 30.8 Å². The summed E-state index contributed by atoms with van der Waals surface area (Å²) in [5.41, 5.74) is 9.53. The van der Waals surface area contributed by atoms with E-state index in [9.17, 15) is 9.90 Å². The molecule has 2 unspecified atom stereocenters. The molecule has 126 valence electrons. The summed E-state index contributed by atoms with van der Waals surface area (Å²) < 4.78 is 5.21. The van der Waals surface area contributed by atoms with Gasteiger partial charge in [0, 0.05) is 4.91 Å². The Labute approximate surface area is 137 Å². The highest BCUT2D eigenvalue weighted by Crippen LogP contribution is 2.27. The maximum absolute atomic E-state index is 12.1. The van der Waals surface area contributed by atoms with E-state index in [1.54, 1.807) is 32.9 Å². The lowest BCUT2D eigenvalue weighted by molar-refractivity contribution is -0.159. The molecule has 0 saturated carbocycles. The van der Waals surface area contributed by atoms with Gasteiger partial charge in [0.05, 0.1) is 6.10 Å². The SMILES string of the molecule is CC(C)(C)OC(=O)C(N=[N+]=[N-])C(O)c1ccc(C(C)(C)C)cc1. The van der Waals surface area contributed by atoms with Gasteiger partial charge in [-0.25, -0.2) is 0 Å². The van der Waals surface area contributed by atoms with Crippen molar-refractivity contribution in [2.75, 3.05) is 0 Å². The molecular weight excluding hydrogens is 294 g/mol. The van der Waals surface area contributed by atoms with Crippen molar-refractivity contribution in [3.63, 3.8) is 0 Å². The molecule has 6 nitrogen and oxygen atoms in total. The van der Waals surface area contributed by atoms with Crippen LogP contribution in [0, 0.1) is 0 Å². The van der Waals surface area contributed by atoms with Crippen LogP contribution < -0.4 is 0 Å². The van der Waals surface area contributed by atoms with Crippen molar-refractivity contribution in [3.8, 4) is 0 Å². The molecule has 23 heavy (non-hydrogen) atoms. The van der Waals surface area contributed by atoms with Gasteiger partial charge in [-0.15, -0.1) is 0 Å². The number of esters is 1. The number of benzene rings is 1. The van der Waals surface area contributed by atoms with Crippen LogP contribution in [0.4, 0.5) is 0 Å². The van der Waals surface area contributed by atoms with Crippen LogP contribution in [0.1, 0.15) is 58.8 Å². The average molecular weight is 319 g/mol. The number of ether oxygens (including phenoxy) is 1. The van der Waals surface area contributed by atoms with Gasteiger partial charge in [0.1, 0.15) is 5.60 Å². The number of aliphatic hydroxyl groups is 1. The smallest absolute Gasteiger partial charge is 0.318 e. The molecule has 2 atom stereocenters. The standard InChI is InChI=1S/C17H25N3O3/c1-16(2,3)12-9-7-11(8-10-12)14(21)13(19-20-18)15(22)23-17(4,5)6/h7-10,13-14,21H,1-6H3. The number of nitrogens with zero attached hydrogens (tertiary/aromatic N) is 3. The number of rotatable bonds is 4. The first-order valence-corrected chi connectivity index (χ1v) is 7.51. The number of aliphatic hydroxyl groups excluding tert-OH is 1. The largest absolute Gasteiger partial charge is 0.460 e. The molecule has 0 aliphatic rings. The zero-order chi connectivity index (χ0) is 17.8. The first kappa shape index (κ1) is 19.0. The van der Waals surface area contributed by atoms with E-state index in [-0.39, 0.29) is 5.41 Å². The second-order valence-corrected chi connectivity index (χ2v) is 7.50. The van der Waals surface area contributed by atoms with Gasteiger partial charge in [-0.2, -0.15) is 0 Å². The minimum absolute atomic E-state index is 0.0150. The van der Waals surface area contributed by atoms with Gasteiger partial charge in [0.15, 0.2) is 6.04 Å². The van der Waals surface area contributed by atoms with Gasteiger partial charge in [0.25, 0.3) is 0 Å². The molecule has 1 rings (SSSR count). The van der Waals surface area contributed by atoms with Gasteiger partial charge >= 0.3 is 5.97 Å². The summed E-state index contributed by atoms with van der Waals surface area (Å²) in [6, 6.07) is 5.92. The van der Waals surface area contributed by atoms with Crippen LogP contribution in [-0.2, 0) is 14.9 Å². The molecule has 0 radical (unpaired) electrons. The summed E-state index contributed by atoms with van der Waals surface area (Å²) in [6.07, 6.45) is -1.25. The minimum Gasteiger partial charge on any atom is -0.460 e. The highest BCUT2D eigenvalue weighted by atomic mass is 16.6. The number of hydrogen-bond donors (Lipinski definition) is 1. The molecule has 1 aromatic carbocycles. The molecule has 1 N–H and O–H groups in total. The van der Waals surface area contributed by atoms with Crippen molar-refractivity contribution in [2.45, 2.75) is 64.7 Å². The van der Waals surface area contributed by atoms with Crippen molar-refractivity contribution >= 4 is 5.97 Å². The van der Waals surface area contributed by atoms with Crippen molar-refractivity contribution in [1.82, 2.24) is 0 Å². The zero-order valence-electron chi connectivity index (χ0n) is 14.6. The first-order valence-electron chi connectivity index (χ1n) is 7.51. The molecule has 1 aromatic rings. The maximum atomic E-state index is 12.1. The summed E-state index contributed by atoms with van der Waals surface area (Å²) in [6.45, 7) is 11.4. The van der Waals surface area contributed by atoms with Gasteiger partial charge in [-0.3, -0.25) is 4.79 Å². The highest BCUT2D eigenvalue weighted by molar-refractivity contribution is 5.77. The molecule has 0 spiro atoms. The van der Waals surface area contributed by atoms with Gasteiger partial charge in [-0.1, -0.05) is 50.2 Å². The topological polar surface area (TPSA) is 95.3 Å². The predicted octanol–water partition coefficient (Wildman–Crippen LogP) is 4.04. The van der Waals surface area contributed by atoms with Crippen LogP contribution in [0.5, 0.6) is 0 Å². The lowest BCUT2D eigenvalue weighted by Crippen LogP contribution is -2.34. The van der Waals surface area contributed by atoms with E-state index in [1.165, 1.54) is 0 Å². The van der Waals surface area contributed by atoms with Crippen molar-refractivity contribution < 1.29 is 14.6 Å². The fourth-order valence-corrected chi connectivity index (χ4v) is 2.02. The van der Waals surface area contributed by atoms with Crippen LogP contribution in [0.2, 0.25) is 0 Å². The van der Waals surface area contributed by atoms with E-state index >= 15 is 0 Å². The van der Waals surface area contributed by atoms with Crippen LogP contribution in [0.15, 0.2) is 29.4 Å². The Morgan fingerprint density at radius 1 is 1.17 bits per heavy atom. The molecule has 0 fully saturated rings. The fourth-order valence-electron chi connectivity index (χ4n) is 2.02. The summed E-state index contributed by atoms with van der Waals surface area (Å²) >= 11 is 0. The second-order valence-electron chi connectivity index (χ2n) is 7.50. The van der Waals surface area contributed by atoms with Gasteiger partial charge < -0.3 is 9.84 Å². The average Bonchev–Trinajstić information content (AvgIpc) is 2.41. The Morgan fingerprint density at radius 3 is 2.09 bits per heavy atom. The Hall–Kier alpha value is -2.04. The van der Waals surface area contributed by atoms with Crippen LogP contribution >= 0.6 is 0 Å². The number of azide groups is 1. The van der Waals surface area contributed by atoms with Crippen LogP contribution in [0.25, 0.3) is 10.4 Å². The molecule has 0 aromatic heterocycles. The summed E-state index contributed by atoms with van der Waals surface area (Å²) in [7, 11) is 0. The Balaban J connectivity index is 3.04. The van der Waals surface area contributed by atoms with E-state index in [4.69, 9.17) is 10.3 Å². The third-order valence-electron chi connectivity index (χ3n) is 3.24. The predicted molar refractivity (Wildman–Crippen MR) is 88.9 cm³/mol. The fraction of sp³-hybridized carbons (Fsp3) is 0.588. The maximum Gasteiger partial charge on any atom is 0.318 e. The first-order chi connectivity index (χ1) is 10.5. The number of carbonyl (C=O) groups excluding carboxylic acids is 1. The molecule has 0 amide bonds. The summed E-state index contributed by atoms with van der Waals surface area (Å²) in [4.78, 5) is 14.8. The quantitative estimate of drug-likeness (QED) is 0.392. The lowest BCUT2D eigenvalue weighted by atomic mass is 9.86. The Morgan fingerprint density at radius 2 is 1.70 bits per heavy atom. The summed E-state index contributed by atoms with van der Waals surface area (Å²) in [5, 5.41) is 13.8. The van der Waals surface area contributed by atoms with Crippen LogP contribution in [-0.4, -0.2) is 22.7 Å². The number of hydrogen-bond acceptors (Lipinski definition) is 4. The number of carbonyl (C=O) groups is 1. The third kappa shape index (κ3) is 5.58. The second kappa shape index (κ2) is 7.02. The molecule has 0 bridgehead atoms. The molecule has 0 aliphatic heterocycles. The third-order valence-corrected chi connectivity index (χ3v) is 3.24. The summed E-state index contributed by atoms with van der Waals surface area (Å²) in [5.74, 6) is -0.748. The van der Waals surface area contributed by atoms with Crippen LogP contribution in [0.3, 0.4) is 0 Å². The highest BCUT2D eigenvalue weighted by Gasteiger charge is 2.31. The zero-order valence-corrected chi connectivity index (χ0v) is 14.6. The monoisotopic (exact) mass is 319 g/mol. The molecule has 6 heteroatoms. The van der Waals surface area contributed by atoms with Gasteiger partial charge in [-0.05, 0) is 42.8 Å². The van der Waals surface area contributed by atoms with Crippen molar-refractivity contribution in [1.29, 1.82) is 0 Å². The van der Waals surface area contributed by atoms with E-state index in [0.717, 1.165) is 5.56 Å². The molecular formula is C17H25N3O3. The van der Waals surface area contributed by atoms with E-state index in [0.29, 0.717) is 5.56 Å². The van der Waals surface area contributed by atoms with Crippen molar-refractivity contribution in [2.24, 2.45) is 5.11 Å². The molecule has 0 saturated heterocycles. The van der Waals surface area contributed by atoms with E-state index in [1.807, 2.05) is 12.1 Å². The lowest BCUT2D eigenvalue weighted by Gasteiger charge is -2.25. The molecule has 0 aliphatic carbocycles. The Bertz CT molecular complexity index is 591. The van der Waals surface area contributed by atoms with Crippen molar-refractivity contribution in [3.05, 3.63) is 45.8 Å². The minimum atomic E-state index is -1.32. The Kier molecular flexibility index (Phi) is 5.81.